The van der Waals surface area contributed by atoms with Gasteiger partial charge in [-0.1, -0.05) is 13.8 Å². The predicted molar refractivity (Wildman–Crippen MR) is 66.0 cm³/mol. The Labute approximate surface area is 103 Å². The summed E-state index contributed by atoms with van der Waals surface area (Å²) in [6.45, 7) is 8.91. The van der Waals surface area contributed by atoms with Gasteiger partial charge in [0.25, 0.3) is 0 Å². The zero-order valence-electron chi connectivity index (χ0n) is 10.9. The molecule has 0 amide bonds. The third kappa shape index (κ3) is 4.53. The Morgan fingerprint density at radius 1 is 1.53 bits per heavy atom. The van der Waals surface area contributed by atoms with Gasteiger partial charge in [-0.25, -0.2) is 0 Å². The topological polar surface area (TPSA) is 66.5 Å². The molecule has 0 saturated heterocycles. The molecule has 0 aromatic carbocycles. The molecule has 5 nitrogen and oxygen atoms in total. The van der Waals surface area contributed by atoms with Crippen molar-refractivity contribution in [3.05, 3.63) is 12.2 Å². The van der Waals surface area contributed by atoms with Crippen molar-refractivity contribution in [1.29, 1.82) is 5.26 Å². The van der Waals surface area contributed by atoms with Gasteiger partial charge in [-0.2, -0.15) is 5.26 Å². The Hall–Kier alpha value is -1.41. The summed E-state index contributed by atoms with van der Waals surface area (Å²) in [5.41, 5.74) is 0.146. The number of rotatable bonds is 7. The number of aryl methyl sites for hydroxylation is 1. The molecular formula is C12H21N5. The highest BCUT2D eigenvalue weighted by atomic mass is 15.3. The normalized spacial score (nSPS) is 11.4. The summed E-state index contributed by atoms with van der Waals surface area (Å²) in [4.78, 5) is 0. The van der Waals surface area contributed by atoms with Crippen LogP contribution in [-0.4, -0.2) is 21.3 Å². The minimum atomic E-state index is 0.146. The molecule has 0 saturated carbocycles. The van der Waals surface area contributed by atoms with Crippen LogP contribution in [0, 0.1) is 16.7 Å². The standard InChI is InChI=1S/C12H21N5/c1-4-17-10-15-16-11(17)8-14-9-12(2,3)6-5-7-13/h10,14H,4-6,8-9H2,1-3H3. The fraction of sp³-hybridized carbons (Fsp3) is 0.750. The van der Waals surface area contributed by atoms with E-state index in [1.165, 1.54) is 0 Å². The number of nitriles is 1. The van der Waals surface area contributed by atoms with Crippen LogP contribution in [0.15, 0.2) is 6.33 Å². The second-order valence-corrected chi connectivity index (χ2v) is 4.96. The highest BCUT2D eigenvalue weighted by Crippen LogP contribution is 2.20. The lowest BCUT2D eigenvalue weighted by Crippen LogP contribution is -2.29. The van der Waals surface area contributed by atoms with Crippen molar-refractivity contribution in [2.24, 2.45) is 5.41 Å². The summed E-state index contributed by atoms with van der Waals surface area (Å²) in [7, 11) is 0. The molecule has 0 radical (unpaired) electrons. The first-order chi connectivity index (χ1) is 8.09. The maximum Gasteiger partial charge on any atom is 0.146 e. The number of nitrogens with one attached hydrogen (secondary N) is 1. The van der Waals surface area contributed by atoms with Crippen molar-refractivity contribution in [3.63, 3.8) is 0 Å². The summed E-state index contributed by atoms with van der Waals surface area (Å²) >= 11 is 0. The van der Waals surface area contributed by atoms with Crippen LogP contribution in [0.5, 0.6) is 0 Å². The molecule has 0 aliphatic heterocycles. The van der Waals surface area contributed by atoms with Gasteiger partial charge in [0, 0.05) is 19.5 Å². The molecule has 5 heteroatoms. The molecule has 0 atom stereocenters. The Bertz CT molecular complexity index is 374. The van der Waals surface area contributed by atoms with Gasteiger partial charge in [-0.05, 0) is 18.8 Å². The van der Waals surface area contributed by atoms with Gasteiger partial charge in [-0.15, -0.1) is 10.2 Å². The minimum Gasteiger partial charge on any atom is -0.317 e. The SMILES string of the molecule is CCn1cnnc1CNCC(C)(C)CCC#N. The Kier molecular flexibility index (Phi) is 5.11. The van der Waals surface area contributed by atoms with Crippen LogP contribution in [0.2, 0.25) is 0 Å². The van der Waals surface area contributed by atoms with Crippen molar-refractivity contribution in [2.45, 2.75) is 46.7 Å². The second kappa shape index (κ2) is 6.36. The van der Waals surface area contributed by atoms with Crippen molar-refractivity contribution in [2.75, 3.05) is 6.54 Å². The van der Waals surface area contributed by atoms with E-state index >= 15 is 0 Å². The van der Waals surface area contributed by atoms with E-state index in [-0.39, 0.29) is 5.41 Å². The summed E-state index contributed by atoms with van der Waals surface area (Å²) in [6, 6.07) is 2.19. The average Bonchev–Trinajstić information content (AvgIpc) is 2.74. The molecule has 1 heterocycles. The third-order valence-electron chi connectivity index (χ3n) is 2.84. The van der Waals surface area contributed by atoms with Crippen molar-refractivity contribution in [3.8, 4) is 6.07 Å². The first kappa shape index (κ1) is 13.7. The van der Waals surface area contributed by atoms with Crippen molar-refractivity contribution < 1.29 is 0 Å². The first-order valence-corrected chi connectivity index (χ1v) is 6.03. The zero-order chi connectivity index (χ0) is 12.7. The van der Waals surface area contributed by atoms with Crippen LogP contribution in [-0.2, 0) is 13.1 Å². The maximum atomic E-state index is 8.58. The summed E-state index contributed by atoms with van der Waals surface area (Å²) in [5.74, 6) is 0.962. The molecule has 1 N–H and O–H groups in total. The molecular weight excluding hydrogens is 214 g/mol. The van der Waals surface area contributed by atoms with Gasteiger partial charge in [0.1, 0.15) is 12.2 Å². The first-order valence-electron chi connectivity index (χ1n) is 6.03. The minimum absolute atomic E-state index is 0.146. The molecule has 0 unspecified atom stereocenters. The second-order valence-electron chi connectivity index (χ2n) is 4.96. The van der Waals surface area contributed by atoms with Gasteiger partial charge in [0.05, 0.1) is 12.6 Å². The lowest BCUT2D eigenvalue weighted by molar-refractivity contribution is 0.315. The predicted octanol–water partition coefficient (Wildman–Crippen LogP) is 1.72. The monoisotopic (exact) mass is 235 g/mol. The molecule has 0 bridgehead atoms. The maximum absolute atomic E-state index is 8.58. The molecule has 0 aliphatic rings. The van der Waals surface area contributed by atoms with Gasteiger partial charge in [-0.3, -0.25) is 0 Å². The van der Waals surface area contributed by atoms with Crippen LogP contribution in [0.4, 0.5) is 0 Å². The highest BCUT2D eigenvalue weighted by molar-refractivity contribution is 4.86. The van der Waals surface area contributed by atoms with E-state index in [9.17, 15) is 0 Å². The molecule has 1 aromatic rings. The van der Waals surface area contributed by atoms with E-state index in [2.05, 4.69) is 42.4 Å². The van der Waals surface area contributed by atoms with Gasteiger partial charge < -0.3 is 9.88 Å². The number of hydrogen-bond donors (Lipinski definition) is 1. The smallest absolute Gasteiger partial charge is 0.146 e. The summed E-state index contributed by atoms with van der Waals surface area (Å²) < 4.78 is 2.02. The molecule has 94 valence electrons. The Morgan fingerprint density at radius 2 is 2.29 bits per heavy atom. The van der Waals surface area contributed by atoms with Crippen LogP contribution < -0.4 is 5.32 Å². The van der Waals surface area contributed by atoms with Crippen LogP contribution in [0.1, 0.15) is 39.4 Å². The number of hydrogen-bond acceptors (Lipinski definition) is 4. The van der Waals surface area contributed by atoms with Crippen LogP contribution in [0.25, 0.3) is 0 Å². The van der Waals surface area contributed by atoms with E-state index in [1.54, 1.807) is 6.33 Å². The van der Waals surface area contributed by atoms with E-state index in [4.69, 9.17) is 5.26 Å². The zero-order valence-corrected chi connectivity index (χ0v) is 10.9. The number of nitrogens with zero attached hydrogens (tertiary/aromatic N) is 4. The van der Waals surface area contributed by atoms with Crippen LogP contribution >= 0.6 is 0 Å². The van der Waals surface area contributed by atoms with E-state index < -0.39 is 0 Å². The van der Waals surface area contributed by atoms with Crippen molar-refractivity contribution in [1.82, 2.24) is 20.1 Å². The van der Waals surface area contributed by atoms with Gasteiger partial charge in [0.15, 0.2) is 0 Å². The molecule has 0 spiro atoms. The molecule has 1 rings (SSSR count). The fourth-order valence-electron chi connectivity index (χ4n) is 1.68. The Balaban J connectivity index is 2.35. The summed E-state index contributed by atoms with van der Waals surface area (Å²) in [5, 5.41) is 19.9. The number of aromatic nitrogens is 3. The van der Waals surface area contributed by atoms with E-state index in [0.717, 1.165) is 31.9 Å². The Morgan fingerprint density at radius 3 is 2.94 bits per heavy atom. The molecule has 17 heavy (non-hydrogen) atoms. The lowest BCUT2D eigenvalue weighted by Gasteiger charge is -2.23. The third-order valence-corrected chi connectivity index (χ3v) is 2.84. The largest absolute Gasteiger partial charge is 0.317 e. The van der Waals surface area contributed by atoms with E-state index in [0.29, 0.717) is 6.42 Å². The molecule has 0 fully saturated rings. The van der Waals surface area contributed by atoms with Gasteiger partial charge >= 0.3 is 0 Å². The lowest BCUT2D eigenvalue weighted by atomic mass is 9.88. The average molecular weight is 235 g/mol. The van der Waals surface area contributed by atoms with Gasteiger partial charge in [0.2, 0.25) is 0 Å². The molecule has 1 aromatic heterocycles. The van der Waals surface area contributed by atoms with E-state index in [1.807, 2.05) is 4.57 Å². The fourth-order valence-corrected chi connectivity index (χ4v) is 1.68. The summed E-state index contributed by atoms with van der Waals surface area (Å²) in [6.07, 6.45) is 3.27. The van der Waals surface area contributed by atoms with Crippen molar-refractivity contribution >= 4 is 0 Å². The highest BCUT2D eigenvalue weighted by Gasteiger charge is 2.17. The van der Waals surface area contributed by atoms with Crippen LogP contribution in [0.3, 0.4) is 0 Å². The quantitative estimate of drug-likeness (QED) is 0.781. The molecule has 0 aliphatic carbocycles.